The monoisotopic (exact) mass is 154 g/mol. The van der Waals surface area contributed by atoms with Gasteiger partial charge in [-0.05, 0) is 12.8 Å². The zero-order valence-electron chi connectivity index (χ0n) is 7.05. The molecule has 0 aromatic heterocycles. The van der Waals surface area contributed by atoms with E-state index in [9.17, 15) is 9.90 Å². The van der Waals surface area contributed by atoms with Gasteiger partial charge < -0.3 is 5.11 Å². The molecule has 1 unspecified atom stereocenters. The molecule has 1 atom stereocenters. The summed E-state index contributed by atoms with van der Waals surface area (Å²) < 4.78 is 0. The van der Waals surface area contributed by atoms with Crippen molar-refractivity contribution in [2.24, 2.45) is 5.92 Å². The average molecular weight is 154 g/mol. The molecule has 0 aliphatic heterocycles. The van der Waals surface area contributed by atoms with Crippen molar-refractivity contribution in [1.29, 1.82) is 0 Å². The van der Waals surface area contributed by atoms with E-state index in [-0.39, 0.29) is 11.7 Å². The second-order valence-corrected chi connectivity index (χ2v) is 2.95. The first-order valence-electron chi connectivity index (χ1n) is 4.15. The summed E-state index contributed by atoms with van der Waals surface area (Å²) >= 11 is 0. The molecule has 0 spiro atoms. The van der Waals surface area contributed by atoms with Gasteiger partial charge in [-0.25, -0.2) is 0 Å². The zero-order valence-corrected chi connectivity index (χ0v) is 7.05. The topological polar surface area (TPSA) is 37.3 Å². The minimum Gasteiger partial charge on any atom is -0.512 e. The molecule has 2 nitrogen and oxygen atoms in total. The van der Waals surface area contributed by atoms with E-state index in [2.05, 4.69) is 0 Å². The lowest BCUT2D eigenvalue weighted by Gasteiger charge is -2.03. The van der Waals surface area contributed by atoms with Gasteiger partial charge in [-0.15, -0.1) is 0 Å². The molecule has 0 saturated heterocycles. The lowest BCUT2D eigenvalue weighted by Crippen LogP contribution is -1.97. The van der Waals surface area contributed by atoms with E-state index in [1.54, 1.807) is 0 Å². The molecule has 0 aromatic rings. The third-order valence-corrected chi connectivity index (χ3v) is 2.31. The number of hydrogen-bond donors (Lipinski definition) is 1. The van der Waals surface area contributed by atoms with E-state index < -0.39 is 0 Å². The number of carbonyl (C=O) groups excluding carboxylic acids is 1. The van der Waals surface area contributed by atoms with Crippen molar-refractivity contribution in [2.45, 2.75) is 33.1 Å². The summed E-state index contributed by atoms with van der Waals surface area (Å²) in [4.78, 5) is 11.2. The SMILES string of the molecule is CCC1=C(O)C(CC)CC1=O. The molecule has 1 rings (SSSR count). The molecule has 0 aromatic carbocycles. The van der Waals surface area contributed by atoms with Gasteiger partial charge >= 0.3 is 0 Å². The number of rotatable bonds is 2. The van der Waals surface area contributed by atoms with Crippen LogP contribution in [0.25, 0.3) is 0 Å². The normalized spacial score (nSPS) is 24.9. The Bertz CT molecular complexity index is 204. The fraction of sp³-hybridized carbons (Fsp3) is 0.667. The quantitative estimate of drug-likeness (QED) is 0.662. The van der Waals surface area contributed by atoms with Crippen LogP contribution in [-0.2, 0) is 4.79 Å². The predicted molar refractivity (Wildman–Crippen MR) is 43.4 cm³/mol. The number of hydrogen-bond acceptors (Lipinski definition) is 2. The fourth-order valence-corrected chi connectivity index (χ4v) is 1.55. The van der Waals surface area contributed by atoms with E-state index in [0.29, 0.717) is 24.2 Å². The van der Waals surface area contributed by atoms with Crippen LogP contribution in [0.5, 0.6) is 0 Å². The maximum Gasteiger partial charge on any atom is 0.162 e. The molecule has 62 valence electrons. The lowest BCUT2D eigenvalue weighted by molar-refractivity contribution is -0.115. The van der Waals surface area contributed by atoms with Crippen LogP contribution in [0, 0.1) is 5.92 Å². The maximum absolute atomic E-state index is 11.2. The number of aliphatic hydroxyl groups is 1. The smallest absolute Gasteiger partial charge is 0.162 e. The van der Waals surface area contributed by atoms with Gasteiger partial charge in [0.25, 0.3) is 0 Å². The van der Waals surface area contributed by atoms with Crippen molar-refractivity contribution in [3.63, 3.8) is 0 Å². The van der Waals surface area contributed by atoms with Gasteiger partial charge in [0.1, 0.15) is 5.76 Å². The van der Waals surface area contributed by atoms with Crippen LogP contribution in [0.3, 0.4) is 0 Å². The molecule has 0 bridgehead atoms. The van der Waals surface area contributed by atoms with Crippen molar-refractivity contribution in [3.8, 4) is 0 Å². The van der Waals surface area contributed by atoms with Gasteiger partial charge in [-0.3, -0.25) is 4.79 Å². The first kappa shape index (κ1) is 8.31. The molecule has 0 radical (unpaired) electrons. The van der Waals surface area contributed by atoms with Crippen molar-refractivity contribution in [2.75, 3.05) is 0 Å². The number of aliphatic hydroxyl groups excluding tert-OH is 1. The summed E-state index contributed by atoms with van der Waals surface area (Å²) in [5.74, 6) is 0.592. The Hall–Kier alpha value is -0.790. The first-order valence-corrected chi connectivity index (χ1v) is 4.15. The summed E-state index contributed by atoms with van der Waals surface area (Å²) in [6.45, 7) is 3.90. The summed E-state index contributed by atoms with van der Waals surface area (Å²) in [5, 5.41) is 9.48. The van der Waals surface area contributed by atoms with Crippen LogP contribution in [0.15, 0.2) is 11.3 Å². The van der Waals surface area contributed by atoms with E-state index in [1.165, 1.54) is 0 Å². The Morgan fingerprint density at radius 1 is 1.55 bits per heavy atom. The van der Waals surface area contributed by atoms with Crippen LogP contribution in [0.4, 0.5) is 0 Å². The predicted octanol–water partition coefficient (Wildman–Crippen LogP) is 2.21. The summed E-state index contributed by atoms with van der Waals surface area (Å²) in [7, 11) is 0. The highest BCUT2D eigenvalue weighted by Gasteiger charge is 2.29. The largest absolute Gasteiger partial charge is 0.512 e. The van der Waals surface area contributed by atoms with Gasteiger partial charge in [-0.1, -0.05) is 13.8 Å². The van der Waals surface area contributed by atoms with Crippen LogP contribution in [0.2, 0.25) is 0 Å². The van der Waals surface area contributed by atoms with E-state index in [0.717, 1.165) is 6.42 Å². The summed E-state index contributed by atoms with van der Waals surface area (Å²) in [5.41, 5.74) is 0.650. The molecule has 0 fully saturated rings. The van der Waals surface area contributed by atoms with Crippen molar-refractivity contribution in [3.05, 3.63) is 11.3 Å². The highest BCUT2D eigenvalue weighted by molar-refractivity contribution is 5.98. The standard InChI is InChI=1S/C9H14O2/c1-3-6-5-8(10)7(4-2)9(6)11/h6,11H,3-5H2,1-2H3. The van der Waals surface area contributed by atoms with E-state index in [4.69, 9.17) is 0 Å². The highest BCUT2D eigenvalue weighted by Crippen LogP contribution is 2.30. The zero-order chi connectivity index (χ0) is 8.43. The minimum absolute atomic E-state index is 0.109. The van der Waals surface area contributed by atoms with Crippen LogP contribution >= 0.6 is 0 Å². The number of carbonyl (C=O) groups is 1. The van der Waals surface area contributed by atoms with Crippen molar-refractivity contribution >= 4 is 5.78 Å². The van der Waals surface area contributed by atoms with Crippen LogP contribution in [-0.4, -0.2) is 10.9 Å². The molecule has 1 aliphatic rings. The highest BCUT2D eigenvalue weighted by atomic mass is 16.3. The van der Waals surface area contributed by atoms with Crippen molar-refractivity contribution < 1.29 is 9.90 Å². The van der Waals surface area contributed by atoms with E-state index in [1.807, 2.05) is 13.8 Å². The number of Topliss-reactive ketones (excluding diaryl/α,β-unsaturated/α-hetero) is 1. The summed E-state index contributed by atoms with van der Waals surface area (Å²) in [6.07, 6.45) is 2.05. The Balaban J connectivity index is 2.85. The molecule has 0 amide bonds. The molecule has 0 heterocycles. The average Bonchev–Trinajstić information content (AvgIpc) is 2.26. The Labute approximate surface area is 66.9 Å². The third-order valence-electron chi connectivity index (χ3n) is 2.31. The lowest BCUT2D eigenvalue weighted by atomic mass is 10.1. The van der Waals surface area contributed by atoms with Gasteiger partial charge in [0.2, 0.25) is 0 Å². The molecule has 0 saturated carbocycles. The first-order chi connectivity index (χ1) is 5.20. The second kappa shape index (κ2) is 3.07. The maximum atomic E-state index is 11.2. The van der Waals surface area contributed by atoms with E-state index >= 15 is 0 Å². The molecule has 11 heavy (non-hydrogen) atoms. The number of allylic oxidation sites excluding steroid dienone is 2. The molecule has 1 aliphatic carbocycles. The van der Waals surface area contributed by atoms with Crippen LogP contribution < -0.4 is 0 Å². The Kier molecular flexibility index (Phi) is 2.32. The molecular weight excluding hydrogens is 140 g/mol. The Morgan fingerprint density at radius 2 is 2.18 bits per heavy atom. The van der Waals surface area contributed by atoms with Gasteiger partial charge in [-0.2, -0.15) is 0 Å². The second-order valence-electron chi connectivity index (χ2n) is 2.95. The Morgan fingerprint density at radius 3 is 2.45 bits per heavy atom. The van der Waals surface area contributed by atoms with Gasteiger partial charge in [0.15, 0.2) is 5.78 Å². The molecule has 2 heteroatoms. The van der Waals surface area contributed by atoms with Gasteiger partial charge in [0.05, 0.1) is 0 Å². The fourth-order valence-electron chi connectivity index (χ4n) is 1.55. The summed E-state index contributed by atoms with van der Waals surface area (Å²) in [6, 6.07) is 0. The van der Waals surface area contributed by atoms with Crippen molar-refractivity contribution in [1.82, 2.24) is 0 Å². The molecule has 1 N–H and O–H groups in total. The molecular formula is C9H14O2. The van der Waals surface area contributed by atoms with Gasteiger partial charge in [0, 0.05) is 17.9 Å². The number of ketones is 1. The van der Waals surface area contributed by atoms with Crippen LogP contribution in [0.1, 0.15) is 33.1 Å². The third kappa shape index (κ3) is 1.30. The minimum atomic E-state index is 0.109.